The lowest BCUT2D eigenvalue weighted by molar-refractivity contribution is -0.135. The molecule has 0 bridgehead atoms. The number of halogens is 2. The zero-order valence-electron chi connectivity index (χ0n) is 16.3. The third-order valence-corrected chi connectivity index (χ3v) is 5.05. The molecule has 1 aliphatic rings. The van der Waals surface area contributed by atoms with E-state index in [0.717, 1.165) is 6.42 Å². The lowest BCUT2D eigenvalue weighted by Gasteiger charge is -2.34. The van der Waals surface area contributed by atoms with Gasteiger partial charge < -0.3 is 14.5 Å². The molecule has 0 aliphatic carbocycles. The Hall–Kier alpha value is -2.96. The number of amides is 2. The molecule has 3 rings (SSSR count). The van der Waals surface area contributed by atoms with Gasteiger partial charge in [0.05, 0.1) is 12.5 Å². The van der Waals surface area contributed by atoms with E-state index in [1.54, 1.807) is 29.0 Å². The van der Waals surface area contributed by atoms with Crippen molar-refractivity contribution in [2.24, 2.45) is 5.92 Å². The van der Waals surface area contributed by atoms with Crippen molar-refractivity contribution in [3.8, 4) is 5.75 Å². The van der Waals surface area contributed by atoms with Gasteiger partial charge in [0, 0.05) is 25.7 Å². The Morgan fingerprint density at radius 1 is 1.14 bits per heavy atom. The molecule has 0 N–H and O–H groups in total. The first-order valence-electron chi connectivity index (χ1n) is 9.63. The highest BCUT2D eigenvalue weighted by molar-refractivity contribution is 5.94. The molecule has 7 heteroatoms. The first-order chi connectivity index (χ1) is 14.0. The summed E-state index contributed by atoms with van der Waals surface area (Å²) in [7, 11) is 1.67. The first kappa shape index (κ1) is 20.8. The van der Waals surface area contributed by atoms with Gasteiger partial charge in [-0.25, -0.2) is 8.78 Å². The second-order valence-electron chi connectivity index (χ2n) is 7.14. The van der Waals surface area contributed by atoms with Crippen LogP contribution in [0.4, 0.5) is 8.78 Å². The van der Waals surface area contributed by atoms with E-state index in [2.05, 4.69) is 0 Å². The summed E-state index contributed by atoms with van der Waals surface area (Å²) in [6.45, 7) is 1.39. The molecule has 0 aromatic heterocycles. The Bertz CT molecular complexity index is 857. The number of nitrogens with zero attached hydrogens (tertiary/aromatic N) is 2. The Kier molecular flexibility index (Phi) is 6.80. The Balaban J connectivity index is 1.52. The molecule has 1 atom stereocenters. The number of ether oxygens (including phenoxy) is 1. The van der Waals surface area contributed by atoms with Gasteiger partial charge in [-0.3, -0.25) is 9.59 Å². The molecular weight excluding hydrogens is 378 g/mol. The molecule has 2 aromatic rings. The molecule has 0 radical (unpaired) electrons. The van der Waals surface area contributed by atoms with E-state index in [4.69, 9.17) is 4.74 Å². The number of carbonyl (C=O) groups is 2. The number of hydrogen-bond donors (Lipinski definition) is 0. The van der Waals surface area contributed by atoms with Crippen LogP contribution in [-0.4, -0.2) is 54.9 Å². The highest BCUT2D eigenvalue weighted by Crippen LogP contribution is 2.21. The van der Waals surface area contributed by atoms with Gasteiger partial charge in [-0.2, -0.15) is 0 Å². The summed E-state index contributed by atoms with van der Waals surface area (Å²) in [4.78, 5) is 28.6. The van der Waals surface area contributed by atoms with Gasteiger partial charge in [0.1, 0.15) is 12.4 Å². The average Bonchev–Trinajstić information content (AvgIpc) is 2.74. The zero-order valence-corrected chi connectivity index (χ0v) is 16.3. The van der Waals surface area contributed by atoms with E-state index in [1.165, 1.54) is 36.4 Å². The van der Waals surface area contributed by atoms with Crippen LogP contribution in [0.15, 0.2) is 48.5 Å². The lowest BCUT2D eigenvalue weighted by atomic mass is 9.96. The van der Waals surface area contributed by atoms with E-state index in [1.807, 2.05) is 0 Å². The molecule has 2 aromatic carbocycles. The Labute approximate surface area is 168 Å². The number of rotatable bonds is 6. The van der Waals surface area contributed by atoms with Crippen molar-refractivity contribution in [3.05, 3.63) is 65.7 Å². The third kappa shape index (κ3) is 5.31. The van der Waals surface area contributed by atoms with Crippen LogP contribution in [-0.2, 0) is 4.79 Å². The Morgan fingerprint density at radius 2 is 1.86 bits per heavy atom. The largest absolute Gasteiger partial charge is 0.489 e. The smallest absolute Gasteiger partial charge is 0.253 e. The maximum atomic E-state index is 13.6. The van der Waals surface area contributed by atoms with Gasteiger partial charge in [0.2, 0.25) is 5.91 Å². The minimum absolute atomic E-state index is 0.0706. The normalized spacial score (nSPS) is 16.4. The summed E-state index contributed by atoms with van der Waals surface area (Å²) in [5.74, 6) is -1.25. The van der Waals surface area contributed by atoms with E-state index < -0.39 is 11.6 Å². The van der Waals surface area contributed by atoms with Crippen molar-refractivity contribution in [3.63, 3.8) is 0 Å². The van der Waals surface area contributed by atoms with Crippen LogP contribution < -0.4 is 4.74 Å². The molecule has 29 heavy (non-hydrogen) atoms. The van der Waals surface area contributed by atoms with E-state index in [0.29, 0.717) is 31.6 Å². The second kappa shape index (κ2) is 9.49. The SMILES string of the molecule is CN(CCOc1ccccc1F)C(=O)C1CCCN(C(=O)c2ccc(F)cc2)C1. The molecule has 2 amide bonds. The van der Waals surface area contributed by atoms with Crippen LogP contribution in [0.3, 0.4) is 0 Å². The predicted octanol–water partition coefficient (Wildman–Crippen LogP) is 3.35. The minimum atomic E-state index is -0.441. The molecule has 1 fully saturated rings. The fourth-order valence-corrected chi connectivity index (χ4v) is 3.41. The number of hydrogen-bond acceptors (Lipinski definition) is 3. The molecule has 1 unspecified atom stereocenters. The number of benzene rings is 2. The second-order valence-corrected chi connectivity index (χ2v) is 7.14. The fourth-order valence-electron chi connectivity index (χ4n) is 3.41. The number of likely N-dealkylation sites (N-methyl/N-ethyl adjacent to an activating group) is 1. The molecule has 0 saturated carbocycles. The highest BCUT2D eigenvalue weighted by atomic mass is 19.1. The molecular formula is C22H24F2N2O3. The maximum absolute atomic E-state index is 13.6. The van der Waals surface area contributed by atoms with Gasteiger partial charge in [0.15, 0.2) is 11.6 Å². The molecule has 1 saturated heterocycles. The number of carbonyl (C=O) groups excluding carboxylic acids is 2. The average molecular weight is 402 g/mol. The fraction of sp³-hybridized carbons (Fsp3) is 0.364. The number of likely N-dealkylation sites (tertiary alicyclic amines) is 1. The molecule has 154 valence electrons. The molecule has 0 spiro atoms. The zero-order chi connectivity index (χ0) is 20.8. The van der Waals surface area contributed by atoms with Crippen molar-refractivity contribution in [1.82, 2.24) is 9.80 Å². The first-order valence-corrected chi connectivity index (χ1v) is 9.63. The van der Waals surface area contributed by atoms with Crippen LogP contribution in [0.5, 0.6) is 5.75 Å². The van der Waals surface area contributed by atoms with Crippen molar-refractivity contribution < 1.29 is 23.1 Å². The van der Waals surface area contributed by atoms with Gasteiger partial charge >= 0.3 is 0 Å². The van der Waals surface area contributed by atoms with Crippen LogP contribution in [0, 0.1) is 17.6 Å². The van der Waals surface area contributed by atoms with Gasteiger partial charge in [-0.15, -0.1) is 0 Å². The van der Waals surface area contributed by atoms with E-state index >= 15 is 0 Å². The van der Waals surface area contributed by atoms with Crippen molar-refractivity contribution in [2.45, 2.75) is 12.8 Å². The van der Waals surface area contributed by atoms with E-state index in [-0.39, 0.29) is 30.1 Å². The molecule has 1 aliphatic heterocycles. The van der Waals surface area contributed by atoms with Crippen molar-refractivity contribution in [1.29, 1.82) is 0 Å². The van der Waals surface area contributed by atoms with Gasteiger partial charge in [0.25, 0.3) is 5.91 Å². The number of para-hydroxylation sites is 1. The highest BCUT2D eigenvalue weighted by Gasteiger charge is 2.30. The maximum Gasteiger partial charge on any atom is 0.253 e. The van der Waals surface area contributed by atoms with Crippen LogP contribution in [0.1, 0.15) is 23.2 Å². The monoisotopic (exact) mass is 402 g/mol. The standard InChI is InChI=1S/C22H24F2N2O3/c1-25(13-14-29-20-7-3-2-6-19(20)24)21(27)17-5-4-12-26(15-17)22(28)16-8-10-18(23)11-9-16/h2-3,6-11,17H,4-5,12-15H2,1H3. The van der Waals surface area contributed by atoms with Crippen molar-refractivity contribution >= 4 is 11.8 Å². The minimum Gasteiger partial charge on any atom is -0.489 e. The van der Waals surface area contributed by atoms with Crippen LogP contribution in [0.25, 0.3) is 0 Å². The Morgan fingerprint density at radius 3 is 2.59 bits per heavy atom. The third-order valence-electron chi connectivity index (χ3n) is 5.05. The van der Waals surface area contributed by atoms with Crippen LogP contribution >= 0.6 is 0 Å². The summed E-state index contributed by atoms with van der Waals surface area (Å²) < 4.78 is 32.1. The molecule has 1 heterocycles. The summed E-state index contributed by atoms with van der Waals surface area (Å²) in [6.07, 6.45) is 1.42. The summed E-state index contributed by atoms with van der Waals surface area (Å²) in [6, 6.07) is 11.5. The molecule has 5 nitrogen and oxygen atoms in total. The topological polar surface area (TPSA) is 49.9 Å². The summed E-state index contributed by atoms with van der Waals surface area (Å²) >= 11 is 0. The van der Waals surface area contributed by atoms with E-state index in [9.17, 15) is 18.4 Å². The van der Waals surface area contributed by atoms with Crippen molar-refractivity contribution in [2.75, 3.05) is 33.3 Å². The number of piperidine rings is 1. The quantitative estimate of drug-likeness (QED) is 0.745. The van der Waals surface area contributed by atoms with Gasteiger partial charge in [-0.1, -0.05) is 12.1 Å². The van der Waals surface area contributed by atoms with Crippen LogP contribution in [0.2, 0.25) is 0 Å². The van der Waals surface area contributed by atoms with Gasteiger partial charge in [-0.05, 0) is 49.2 Å². The summed E-state index contributed by atoms with van der Waals surface area (Å²) in [5.41, 5.74) is 0.408. The summed E-state index contributed by atoms with van der Waals surface area (Å²) in [5, 5.41) is 0. The lowest BCUT2D eigenvalue weighted by Crippen LogP contribution is -2.46. The predicted molar refractivity (Wildman–Crippen MR) is 105 cm³/mol.